The van der Waals surface area contributed by atoms with E-state index < -0.39 is 11.6 Å². The first kappa shape index (κ1) is 20.3. The van der Waals surface area contributed by atoms with E-state index in [0.29, 0.717) is 28.9 Å². The van der Waals surface area contributed by atoms with Gasteiger partial charge in [-0.15, -0.1) is 0 Å². The molecule has 6 heteroatoms. The van der Waals surface area contributed by atoms with Gasteiger partial charge >= 0.3 is 11.6 Å². The van der Waals surface area contributed by atoms with Crippen LogP contribution in [0.4, 0.5) is 0 Å². The Morgan fingerprint density at radius 3 is 2.39 bits per heavy atom. The molecule has 164 valence electrons. The number of carbonyl (C=O) groups is 2. The highest BCUT2D eigenvalue weighted by Crippen LogP contribution is 2.60. The van der Waals surface area contributed by atoms with Crippen LogP contribution in [0.15, 0.2) is 27.4 Å². The largest absolute Gasteiger partial charge is 0.459 e. The molecule has 0 aliphatic heterocycles. The number of carbonyl (C=O) groups excluding carboxylic acids is 2. The van der Waals surface area contributed by atoms with Gasteiger partial charge in [0.15, 0.2) is 0 Å². The minimum atomic E-state index is -0.497. The molecule has 0 saturated heterocycles. The van der Waals surface area contributed by atoms with E-state index in [4.69, 9.17) is 9.15 Å². The molecule has 6 rings (SSSR count). The van der Waals surface area contributed by atoms with Crippen LogP contribution in [-0.2, 0) is 20.9 Å². The molecule has 2 aromatic rings. The molecule has 4 bridgehead atoms. The SMILES string of the molecule is Cc1ccc2c(COC(=O)CNC(=O)C34CC5CC(CC(C5)C3)C4)cc(=O)oc2c1C. The summed E-state index contributed by atoms with van der Waals surface area (Å²) in [6, 6.07) is 5.19. The van der Waals surface area contributed by atoms with E-state index in [-0.39, 0.29) is 24.5 Å². The number of benzene rings is 1. The fraction of sp³-hybridized carbons (Fsp3) is 0.560. The van der Waals surface area contributed by atoms with Crippen molar-refractivity contribution in [2.24, 2.45) is 23.2 Å². The minimum absolute atomic E-state index is 0.0143. The summed E-state index contributed by atoms with van der Waals surface area (Å²) >= 11 is 0. The highest BCUT2D eigenvalue weighted by molar-refractivity contribution is 5.87. The van der Waals surface area contributed by atoms with Crippen molar-refractivity contribution in [2.45, 2.75) is 59.0 Å². The summed E-state index contributed by atoms with van der Waals surface area (Å²) < 4.78 is 10.8. The molecular formula is C25H29NO5. The first-order chi connectivity index (χ1) is 14.8. The van der Waals surface area contributed by atoms with Gasteiger partial charge in [0.05, 0.1) is 0 Å². The van der Waals surface area contributed by atoms with Gasteiger partial charge in [-0.3, -0.25) is 9.59 Å². The smallest absolute Gasteiger partial charge is 0.336 e. The molecule has 0 unspecified atom stereocenters. The summed E-state index contributed by atoms with van der Waals surface area (Å²) in [6.45, 7) is 3.68. The van der Waals surface area contributed by atoms with Gasteiger partial charge < -0.3 is 14.5 Å². The van der Waals surface area contributed by atoms with Crippen LogP contribution >= 0.6 is 0 Å². The predicted octanol–water partition coefficient (Wildman–Crippen LogP) is 3.79. The number of amides is 1. The monoisotopic (exact) mass is 423 g/mol. The topological polar surface area (TPSA) is 85.6 Å². The second-order valence-electron chi connectivity index (χ2n) is 10.0. The molecule has 1 aromatic carbocycles. The normalized spacial score (nSPS) is 28.6. The fourth-order valence-electron chi connectivity index (χ4n) is 6.58. The van der Waals surface area contributed by atoms with Crippen LogP contribution in [0, 0.1) is 37.0 Å². The number of aryl methyl sites for hydroxylation is 2. The zero-order valence-corrected chi connectivity index (χ0v) is 18.2. The lowest BCUT2D eigenvalue weighted by Crippen LogP contribution is -2.54. The lowest BCUT2D eigenvalue weighted by molar-refractivity contribution is -0.151. The maximum absolute atomic E-state index is 13.0. The van der Waals surface area contributed by atoms with Crippen LogP contribution < -0.4 is 10.9 Å². The molecule has 31 heavy (non-hydrogen) atoms. The number of ether oxygens (including phenoxy) is 1. The highest BCUT2D eigenvalue weighted by Gasteiger charge is 2.54. The lowest BCUT2D eigenvalue weighted by Gasteiger charge is -2.55. The summed E-state index contributed by atoms with van der Waals surface area (Å²) in [7, 11) is 0. The minimum Gasteiger partial charge on any atom is -0.459 e. The Kier molecular flexibility index (Phi) is 4.91. The van der Waals surface area contributed by atoms with Crippen LogP contribution in [0.2, 0.25) is 0 Å². The van der Waals surface area contributed by atoms with Crippen molar-refractivity contribution in [3.8, 4) is 0 Å². The Balaban J connectivity index is 1.22. The molecule has 6 nitrogen and oxygen atoms in total. The van der Waals surface area contributed by atoms with E-state index in [9.17, 15) is 14.4 Å². The molecule has 1 aromatic heterocycles. The molecule has 0 atom stereocenters. The Hall–Kier alpha value is -2.63. The number of rotatable bonds is 5. The summed E-state index contributed by atoms with van der Waals surface area (Å²) in [6.07, 6.45) is 6.70. The first-order valence-electron chi connectivity index (χ1n) is 11.3. The maximum atomic E-state index is 13.0. The van der Waals surface area contributed by atoms with E-state index in [1.54, 1.807) is 0 Å². The van der Waals surface area contributed by atoms with Gasteiger partial charge in [0.25, 0.3) is 0 Å². The standard InChI is InChI=1S/C25H29NO5/c1-14-3-4-20-19(8-21(27)31-23(20)15(14)2)13-30-22(28)12-26-24(29)25-9-16-5-17(10-25)7-18(6-16)11-25/h3-4,8,16-18H,5-7,9-13H2,1-2H3,(H,26,29). The Labute approximate surface area is 181 Å². The molecular weight excluding hydrogens is 394 g/mol. The van der Waals surface area contributed by atoms with Gasteiger partial charge in [0.1, 0.15) is 18.7 Å². The molecule has 4 saturated carbocycles. The summed E-state index contributed by atoms with van der Waals surface area (Å²) in [4.78, 5) is 37.3. The summed E-state index contributed by atoms with van der Waals surface area (Å²) in [5.74, 6) is 1.54. The second kappa shape index (κ2) is 7.50. The zero-order valence-electron chi connectivity index (χ0n) is 18.2. The van der Waals surface area contributed by atoms with Crippen molar-refractivity contribution in [3.05, 3.63) is 45.3 Å². The number of nitrogens with one attached hydrogen (secondary N) is 1. The van der Waals surface area contributed by atoms with E-state index >= 15 is 0 Å². The van der Waals surface area contributed by atoms with E-state index in [1.807, 2.05) is 26.0 Å². The van der Waals surface area contributed by atoms with Gasteiger partial charge in [0.2, 0.25) is 5.91 Å². The molecule has 4 aliphatic rings. The quantitative estimate of drug-likeness (QED) is 0.584. The van der Waals surface area contributed by atoms with Crippen LogP contribution in [0.1, 0.15) is 55.2 Å². The number of hydrogen-bond acceptors (Lipinski definition) is 5. The molecule has 0 spiro atoms. The van der Waals surface area contributed by atoms with Gasteiger partial charge in [-0.1, -0.05) is 12.1 Å². The average molecular weight is 424 g/mol. The Morgan fingerprint density at radius 2 is 1.74 bits per heavy atom. The highest BCUT2D eigenvalue weighted by atomic mass is 16.5. The van der Waals surface area contributed by atoms with Crippen molar-refractivity contribution in [1.82, 2.24) is 5.32 Å². The van der Waals surface area contributed by atoms with Crippen molar-refractivity contribution >= 4 is 22.8 Å². The van der Waals surface area contributed by atoms with Gasteiger partial charge in [0, 0.05) is 22.4 Å². The molecule has 1 heterocycles. The lowest BCUT2D eigenvalue weighted by atomic mass is 9.49. The summed E-state index contributed by atoms with van der Waals surface area (Å²) in [5.41, 5.74) is 2.30. The average Bonchev–Trinajstić information content (AvgIpc) is 2.72. The molecule has 4 aliphatic carbocycles. The van der Waals surface area contributed by atoms with Gasteiger partial charge in [-0.25, -0.2) is 4.79 Å². The van der Waals surface area contributed by atoms with Crippen LogP contribution in [-0.4, -0.2) is 18.4 Å². The fourth-order valence-corrected chi connectivity index (χ4v) is 6.58. The van der Waals surface area contributed by atoms with Crippen molar-refractivity contribution in [3.63, 3.8) is 0 Å². The Morgan fingerprint density at radius 1 is 1.10 bits per heavy atom. The third kappa shape index (κ3) is 3.66. The third-order valence-corrected chi connectivity index (χ3v) is 7.82. The first-order valence-corrected chi connectivity index (χ1v) is 11.3. The number of hydrogen-bond donors (Lipinski definition) is 1. The van der Waals surface area contributed by atoms with E-state index in [2.05, 4.69) is 5.32 Å². The van der Waals surface area contributed by atoms with E-state index in [1.165, 1.54) is 25.3 Å². The molecule has 0 radical (unpaired) electrons. The van der Waals surface area contributed by atoms with Crippen LogP contribution in [0.5, 0.6) is 0 Å². The van der Waals surface area contributed by atoms with Crippen LogP contribution in [0.25, 0.3) is 11.0 Å². The number of esters is 1. The van der Waals surface area contributed by atoms with Crippen molar-refractivity contribution in [2.75, 3.05) is 6.54 Å². The second-order valence-corrected chi connectivity index (χ2v) is 10.0. The molecule has 1 amide bonds. The van der Waals surface area contributed by atoms with Crippen molar-refractivity contribution in [1.29, 1.82) is 0 Å². The van der Waals surface area contributed by atoms with Crippen LogP contribution in [0.3, 0.4) is 0 Å². The number of fused-ring (bicyclic) bond motifs is 1. The van der Waals surface area contributed by atoms with Gasteiger partial charge in [-0.2, -0.15) is 0 Å². The van der Waals surface area contributed by atoms with Crippen molar-refractivity contribution < 1.29 is 18.7 Å². The third-order valence-electron chi connectivity index (χ3n) is 7.82. The summed E-state index contributed by atoms with van der Waals surface area (Å²) in [5, 5.41) is 3.60. The zero-order chi connectivity index (χ0) is 21.8. The maximum Gasteiger partial charge on any atom is 0.336 e. The Bertz CT molecular complexity index is 1080. The molecule has 1 N–H and O–H groups in total. The van der Waals surface area contributed by atoms with E-state index in [0.717, 1.165) is 35.8 Å². The predicted molar refractivity (Wildman–Crippen MR) is 115 cm³/mol. The van der Waals surface area contributed by atoms with Gasteiger partial charge in [-0.05, 0) is 81.3 Å². The molecule has 4 fully saturated rings.